The molecule has 0 radical (unpaired) electrons. The minimum absolute atomic E-state index is 0.00631. The van der Waals surface area contributed by atoms with Gasteiger partial charge in [0, 0.05) is 30.5 Å². The predicted molar refractivity (Wildman–Crippen MR) is 116 cm³/mol. The zero-order valence-corrected chi connectivity index (χ0v) is 17.8. The van der Waals surface area contributed by atoms with Crippen LogP contribution in [0.2, 0.25) is 0 Å². The van der Waals surface area contributed by atoms with Crippen molar-refractivity contribution in [3.63, 3.8) is 0 Å². The van der Waals surface area contributed by atoms with Crippen LogP contribution in [0.5, 0.6) is 5.75 Å². The van der Waals surface area contributed by atoms with E-state index in [2.05, 4.69) is 20.7 Å². The molecule has 12 heteroatoms. The zero-order valence-electron chi connectivity index (χ0n) is 16.2. The highest BCUT2D eigenvalue weighted by molar-refractivity contribution is 8.27. The van der Waals surface area contributed by atoms with Gasteiger partial charge in [-0.3, -0.25) is 13.9 Å². The molecule has 1 atom stereocenters. The van der Waals surface area contributed by atoms with E-state index in [-0.39, 0.29) is 34.3 Å². The monoisotopic (exact) mass is 465 g/mol. The van der Waals surface area contributed by atoms with Crippen LogP contribution in [-0.2, 0) is 6.42 Å². The van der Waals surface area contributed by atoms with Crippen molar-refractivity contribution in [1.29, 1.82) is 0 Å². The summed E-state index contributed by atoms with van der Waals surface area (Å²) in [5.41, 5.74) is 1.72. The number of nitrogens with one attached hydrogen (secondary N) is 2. The number of hydrogen-bond acceptors (Lipinski definition) is 8. The van der Waals surface area contributed by atoms with Gasteiger partial charge in [-0.15, -0.1) is 0 Å². The summed E-state index contributed by atoms with van der Waals surface area (Å²) >= 11 is 2.35. The predicted octanol–water partition coefficient (Wildman–Crippen LogP) is 2.80. The molecular formula is C19H17F2N5O3S2. The van der Waals surface area contributed by atoms with Gasteiger partial charge in [0.05, 0.1) is 5.56 Å². The quantitative estimate of drug-likeness (QED) is 0.599. The molecule has 4 rings (SSSR count). The number of carbonyl (C=O) groups is 1. The minimum Gasteiger partial charge on any atom is -0.503 e. The lowest BCUT2D eigenvalue weighted by Crippen LogP contribution is -2.31. The molecule has 3 N–H and O–H groups in total. The number of halogens is 2. The lowest BCUT2D eigenvalue weighted by molar-refractivity contribution is 0.0840. The van der Waals surface area contributed by atoms with Gasteiger partial charge < -0.3 is 10.1 Å². The molecule has 0 saturated carbocycles. The average molecular weight is 466 g/mol. The molecule has 0 spiro atoms. The molecule has 1 saturated heterocycles. The van der Waals surface area contributed by atoms with Crippen LogP contribution in [0, 0.1) is 11.6 Å². The first-order chi connectivity index (χ1) is 14.8. The first kappa shape index (κ1) is 21.4. The second-order valence-corrected chi connectivity index (χ2v) is 9.02. The molecule has 0 bridgehead atoms. The number of carbonyl (C=O) groups excluding carboxylic acids is 1. The van der Waals surface area contributed by atoms with E-state index in [1.807, 2.05) is 6.92 Å². The van der Waals surface area contributed by atoms with E-state index in [9.17, 15) is 23.5 Å². The van der Waals surface area contributed by atoms with Crippen LogP contribution in [0.3, 0.4) is 0 Å². The first-order valence-corrected chi connectivity index (χ1v) is 11.0. The number of aromatic nitrogens is 1. The molecule has 31 heavy (non-hydrogen) atoms. The van der Waals surface area contributed by atoms with Crippen molar-refractivity contribution < 1.29 is 18.7 Å². The van der Waals surface area contributed by atoms with Gasteiger partial charge in [-0.2, -0.15) is 15.7 Å². The van der Waals surface area contributed by atoms with Crippen molar-refractivity contribution >= 4 is 39.7 Å². The number of aromatic hydroxyl groups is 1. The summed E-state index contributed by atoms with van der Waals surface area (Å²) in [6.07, 6.45) is 2.18. The number of hydrogen-bond donors (Lipinski definition) is 3. The van der Waals surface area contributed by atoms with Crippen LogP contribution in [0.4, 0.5) is 8.78 Å². The molecule has 3 heterocycles. The van der Waals surface area contributed by atoms with Crippen LogP contribution in [-0.4, -0.2) is 42.2 Å². The summed E-state index contributed by atoms with van der Waals surface area (Å²) in [6, 6.07) is 3.24. The molecule has 1 fully saturated rings. The summed E-state index contributed by atoms with van der Waals surface area (Å²) in [5.74, 6) is -1.77. The third kappa shape index (κ3) is 4.30. The second kappa shape index (κ2) is 8.71. The van der Waals surface area contributed by atoms with E-state index in [0.717, 1.165) is 36.1 Å². The molecule has 162 valence electrons. The van der Waals surface area contributed by atoms with Crippen molar-refractivity contribution in [2.45, 2.75) is 25.8 Å². The maximum absolute atomic E-state index is 13.9. The van der Waals surface area contributed by atoms with Gasteiger partial charge in [-0.25, -0.2) is 8.78 Å². The zero-order chi connectivity index (χ0) is 22.1. The van der Waals surface area contributed by atoms with E-state index in [1.54, 1.807) is 0 Å². The Morgan fingerprint density at radius 3 is 2.87 bits per heavy atom. The fourth-order valence-corrected chi connectivity index (χ4v) is 5.18. The third-order valence-electron chi connectivity index (χ3n) is 4.77. The second-order valence-electron chi connectivity index (χ2n) is 6.89. The Balaban J connectivity index is 1.54. The molecule has 1 amide bonds. The van der Waals surface area contributed by atoms with Gasteiger partial charge in [0.1, 0.15) is 21.7 Å². The fraction of sp³-hybridized carbons (Fsp3) is 0.263. The number of H-pyrrole nitrogens is 1. The molecule has 1 aromatic heterocycles. The summed E-state index contributed by atoms with van der Waals surface area (Å²) in [4.78, 5) is 28.1. The molecule has 1 aromatic carbocycles. The van der Waals surface area contributed by atoms with Crippen molar-refractivity contribution in [3.05, 3.63) is 63.1 Å². The highest BCUT2D eigenvalue weighted by Crippen LogP contribution is 2.30. The van der Waals surface area contributed by atoms with Crippen LogP contribution in [0.25, 0.3) is 0 Å². The summed E-state index contributed by atoms with van der Waals surface area (Å²) in [5, 5.41) is 18.9. The van der Waals surface area contributed by atoms with Crippen LogP contribution < -0.4 is 11.0 Å². The summed E-state index contributed by atoms with van der Waals surface area (Å²) in [6.45, 7) is 1.89. The minimum atomic E-state index is -0.763. The number of thioether (sulfide) groups is 1. The van der Waals surface area contributed by atoms with Gasteiger partial charge >= 0.3 is 0 Å². The molecular weight excluding hydrogens is 448 g/mol. The third-order valence-corrected chi connectivity index (χ3v) is 6.96. The Labute approximate surface area is 183 Å². The molecule has 8 nitrogen and oxygen atoms in total. The highest BCUT2D eigenvalue weighted by atomic mass is 32.2. The SMILES string of the molecule is C[C@H]1CCSN1C(=O)c1[nH]cc(C2=NNN=C(Cc3ccc(F)cc3F)S2)c(=O)c1O. The Bertz CT molecular complexity index is 1170. The number of hydrazone groups is 2. The van der Waals surface area contributed by atoms with Crippen molar-refractivity contribution in [1.82, 2.24) is 14.8 Å². The van der Waals surface area contributed by atoms with Gasteiger partial charge in [0.15, 0.2) is 11.4 Å². The van der Waals surface area contributed by atoms with E-state index < -0.39 is 28.7 Å². The lowest BCUT2D eigenvalue weighted by Gasteiger charge is -2.20. The number of benzene rings is 1. The smallest absolute Gasteiger partial charge is 0.284 e. The number of nitrogens with zero attached hydrogens (tertiary/aromatic N) is 3. The molecule has 0 unspecified atom stereocenters. The largest absolute Gasteiger partial charge is 0.503 e. The Morgan fingerprint density at radius 1 is 1.35 bits per heavy atom. The van der Waals surface area contributed by atoms with Crippen molar-refractivity contribution in [2.75, 3.05) is 5.75 Å². The maximum atomic E-state index is 13.9. The highest BCUT2D eigenvalue weighted by Gasteiger charge is 2.31. The van der Waals surface area contributed by atoms with Crippen LogP contribution >= 0.6 is 23.7 Å². The standard InChI is InChI=1S/C19H17F2N5O3S2/c1-9-4-5-30-26(9)19(29)15-17(28)16(27)12(8-22-15)18-24-25-23-14(31-18)6-10-2-3-11(20)7-13(10)21/h2-3,7-9,25,28H,4-6H2,1H3,(H,22,27)/t9-/m0/s1. The van der Waals surface area contributed by atoms with Gasteiger partial charge in [0.25, 0.3) is 5.91 Å². The fourth-order valence-electron chi connectivity index (χ4n) is 3.08. The van der Waals surface area contributed by atoms with Crippen LogP contribution in [0.1, 0.15) is 35.0 Å². The Morgan fingerprint density at radius 2 is 2.16 bits per heavy atom. The number of pyridine rings is 1. The first-order valence-electron chi connectivity index (χ1n) is 9.27. The van der Waals surface area contributed by atoms with Crippen molar-refractivity contribution in [2.24, 2.45) is 10.2 Å². The molecule has 2 aliphatic heterocycles. The summed E-state index contributed by atoms with van der Waals surface area (Å²) in [7, 11) is 0. The Hall–Kier alpha value is -2.86. The normalized spacial score (nSPS) is 18.4. The lowest BCUT2D eigenvalue weighted by atomic mass is 10.1. The topological polar surface area (TPSA) is 110 Å². The van der Waals surface area contributed by atoms with E-state index in [0.29, 0.717) is 5.04 Å². The number of amides is 1. The Kier molecular flexibility index (Phi) is 6.01. The van der Waals surface area contributed by atoms with Gasteiger partial charge in [-0.05, 0) is 48.7 Å². The maximum Gasteiger partial charge on any atom is 0.284 e. The molecule has 0 aliphatic carbocycles. The molecule has 2 aromatic rings. The van der Waals surface area contributed by atoms with E-state index in [4.69, 9.17) is 0 Å². The number of aromatic amines is 1. The van der Waals surface area contributed by atoms with Gasteiger partial charge in [-0.1, -0.05) is 6.07 Å². The van der Waals surface area contributed by atoms with E-state index in [1.165, 1.54) is 28.5 Å². The summed E-state index contributed by atoms with van der Waals surface area (Å²) < 4.78 is 28.6. The van der Waals surface area contributed by atoms with Gasteiger partial charge in [0.2, 0.25) is 5.43 Å². The average Bonchev–Trinajstić information content (AvgIpc) is 3.18. The van der Waals surface area contributed by atoms with Crippen molar-refractivity contribution in [3.8, 4) is 5.75 Å². The number of rotatable bonds is 4. The van der Waals surface area contributed by atoms with E-state index >= 15 is 0 Å². The molecule has 2 aliphatic rings. The van der Waals surface area contributed by atoms with Crippen LogP contribution in [0.15, 0.2) is 39.4 Å².